The van der Waals surface area contributed by atoms with Gasteiger partial charge in [0.25, 0.3) is 0 Å². The van der Waals surface area contributed by atoms with E-state index in [9.17, 15) is 0 Å². The van der Waals surface area contributed by atoms with E-state index >= 15 is 0 Å². The molecule has 0 aliphatic carbocycles. The predicted octanol–water partition coefficient (Wildman–Crippen LogP) is 5.31. The molecule has 3 aromatic rings. The van der Waals surface area contributed by atoms with Gasteiger partial charge in [-0.2, -0.15) is 0 Å². The van der Waals surface area contributed by atoms with Gasteiger partial charge in [-0.3, -0.25) is 0 Å². The highest BCUT2D eigenvalue weighted by Gasteiger charge is 2.03. The molecule has 0 unspecified atom stereocenters. The molecule has 0 bridgehead atoms. The first-order valence-electron chi connectivity index (χ1n) is 6.92. The third-order valence-electron chi connectivity index (χ3n) is 3.43. The van der Waals surface area contributed by atoms with Gasteiger partial charge >= 0.3 is 0 Å². The Labute approximate surface area is 134 Å². The second-order valence-corrected chi connectivity index (χ2v) is 5.31. The summed E-state index contributed by atoms with van der Waals surface area (Å²) in [5, 5.41) is 4.79. The van der Waals surface area contributed by atoms with Crippen molar-refractivity contribution >= 4 is 40.4 Å². The van der Waals surface area contributed by atoms with Crippen LogP contribution in [-0.4, -0.2) is 14.2 Å². The molecule has 0 amide bonds. The zero-order chi connectivity index (χ0) is 15.5. The highest BCUT2D eigenvalue weighted by Crippen LogP contribution is 2.27. The Morgan fingerprint density at radius 2 is 1.95 bits per heavy atom. The van der Waals surface area contributed by atoms with Crippen molar-refractivity contribution in [1.29, 1.82) is 0 Å². The maximum absolute atomic E-state index is 5.98. The van der Waals surface area contributed by atoms with Crippen LogP contribution in [0.1, 0.15) is 11.3 Å². The van der Waals surface area contributed by atoms with E-state index in [1.54, 1.807) is 7.11 Å². The van der Waals surface area contributed by atoms with Gasteiger partial charge in [0.1, 0.15) is 17.1 Å². The maximum atomic E-state index is 5.98. The Balaban J connectivity index is 1.89. The van der Waals surface area contributed by atoms with Crippen molar-refractivity contribution in [3.8, 4) is 5.75 Å². The smallest absolute Gasteiger partial charge is 0.142 e. The molecule has 0 saturated carbocycles. The van der Waals surface area contributed by atoms with E-state index in [-0.39, 0.29) is 0 Å². The molecule has 0 saturated heterocycles. The van der Waals surface area contributed by atoms with Crippen molar-refractivity contribution in [3.05, 3.63) is 58.8 Å². The number of nitrogens with one attached hydrogen (secondary N) is 1. The quantitative estimate of drug-likeness (QED) is 0.709. The molecule has 1 heterocycles. The van der Waals surface area contributed by atoms with Gasteiger partial charge in [-0.05, 0) is 48.0 Å². The molecule has 0 aliphatic rings. The lowest BCUT2D eigenvalue weighted by atomic mass is 10.1. The van der Waals surface area contributed by atoms with E-state index in [4.69, 9.17) is 20.8 Å². The largest absolute Gasteiger partial charge is 0.495 e. The second-order valence-electron chi connectivity index (χ2n) is 4.87. The molecule has 0 radical (unpaired) electrons. The normalized spacial score (nSPS) is 11.2. The van der Waals surface area contributed by atoms with E-state index < -0.39 is 0 Å². The summed E-state index contributed by atoms with van der Waals surface area (Å²) in [6, 6.07) is 13.5. The fourth-order valence-corrected chi connectivity index (χ4v) is 2.49. The first-order chi connectivity index (χ1) is 10.7. The fourth-order valence-electron chi connectivity index (χ4n) is 2.31. The van der Waals surface area contributed by atoms with Crippen LogP contribution in [0.15, 0.2) is 46.9 Å². The Morgan fingerprint density at radius 1 is 1.09 bits per heavy atom. The minimum atomic E-state index is 0.705. The van der Waals surface area contributed by atoms with Crippen molar-refractivity contribution in [2.75, 3.05) is 19.5 Å². The maximum Gasteiger partial charge on any atom is 0.142 e. The predicted molar refractivity (Wildman–Crippen MR) is 92.7 cm³/mol. The number of halogens is 1. The number of fused-ring (bicyclic) bond motifs is 1. The summed E-state index contributed by atoms with van der Waals surface area (Å²) in [6.45, 7) is 0. The minimum Gasteiger partial charge on any atom is -0.495 e. The average Bonchev–Trinajstić information content (AvgIpc) is 2.94. The number of hydrogen-bond acceptors (Lipinski definition) is 3. The van der Waals surface area contributed by atoms with Crippen LogP contribution in [0, 0.1) is 0 Å². The average molecular weight is 314 g/mol. The Bertz CT molecular complexity index is 836. The fraction of sp³-hybridized carbons (Fsp3) is 0.111. The zero-order valence-corrected chi connectivity index (χ0v) is 13.1. The number of rotatable bonds is 4. The lowest BCUT2D eigenvalue weighted by molar-refractivity contribution is 0.416. The molecule has 3 rings (SSSR count). The second kappa shape index (κ2) is 6.16. The van der Waals surface area contributed by atoms with Crippen LogP contribution in [0.5, 0.6) is 5.75 Å². The van der Waals surface area contributed by atoms with Crippen molar-refractivity contribution in [1.82, 2.24) is 0 Å². The minimum absolute atomic E-state index is 0.705. The Kier molecular flexibility index (Phi) is 4.07. The summed E-state index contributed by atoms with van der Waals surface area (Å²) >= 11 is 5.98. The summed E-state index contributed by atoms with van der Waals surface area (Å²) in [5.74, 6) is 1.59. The number of ether oxygens (including phenoxy) is 1. The highest BCUT2D eigenvalue weighted by molar-refractivity contribution is 6.31. The van der Waals surface area contributed by atoms with Gasteiger partial charge in [-0.1, -0.05) is 23.7 Å². The van der Waals surface area contributed by atoms with Crippen molar-refractivity contribution < 1.29 is 9.15 Å². The Hall–Kier alpha value is -2.39. The van der Waals surface area contributed by atoms with Crippen LogP contribution in [0.2, 0.25) is 5.02 Å². The molecular weight excluding hydrogens is 298 g/mol. The van der Waals surface area contributed by atoms with Crippen LogP contribution in [0.4, 0.5) is 5.69 Å². The van der Waals surface area contributed by atoms with Gasteiger partial charge in [0.2, 0.25) is 0 Å². The highest BCUT2D eigenvalue weighted by atomic mass is 35.5. The third kappa shape index (κ3) is 2.95. The van der Waals surface area contributed by atoms with Crippen LogP contribution in [0.25, 0.3) is 23.1 Å². The van der Waals surface area contributed by atoms with Gasteiger partial charge in [-0.15, -0.1) is 0 Å². The Morgan fingerprint density at radius 3 is 2.73 bits per heavy atom. The summed E-state index contributed by atoms with van der Waals surface area (Å²) in [4.78, 5) is 0. The van der Waals surface area contributed by atoms with Gasteiger partial charge in [0, 0.05) is 17.5 Å². The van der Waals surface area contributed by atoms with E-state index in [0.717, 1.165) is 33.7 Å². The molecule has 4 heteroatoms. The number of hydrogen-bond donors (Lipinski definition) is 1. The third-order valence-corrected chi connectivity index (χ3v) is 3.67. The molecule has 2 aromatic carbocycles. The molecule has 3 nitrogen and oxygen atoms in total. The number of furan rings is 1. The summed E-state index contributed by atoms with van der Waals surface area (Å²) in [6.07, 6.45) is 3.92. The molecule has 22 heavy (non-hydrogen) atoms. The summed E-state index contributed by atoms with van der Waals surface area (Å²) in [7, 11) is 3.53. The molecule has 1 N–H and O–H groups in total. The molecule has 0 atom stereocenters. The number of benzene rings is 2. The van der Waals surface area contributed by atoms with Crippen LogP contribution >= 0.6 is 11.6 Å². The van der Waals surface area contributed by atoms with E-state index in [0.29, 0.717) is 5.02 Å². The van der Waals surface area contributed by atoms with E-state index in [2.05, 4.69) is 5.32 Å². The first-order valence-corrected chi connectivity index (χ1v) is 7.30. The standard InChI is InChI=1S/C18H16ClNO2/c1-20-16-7-4-12(9-18(16)21-2)3-6-15-11-13-10-14(19)5-8-17(13)22-15/h3-11,20H,1-2H3/b6-3+. The molecule has 0 fully saturated rings. The lowest BCUT2D eigenvalue weighted by Gasteiger charge is -2.08. The van der Waals surface area contributed by atoms with Gasteiger partial charge in [0.15, 0.2) is 0 Å². The summed E-state index contributed by atoms with van der Waals surface area (Å²) < 4.78 is 11.1. The van der Waals surface area contributed by atoms with Gasteiger partial charge in [0.05, 0.1) is 12.8 Å². The van der Waals surface area contributed by atoms with E-state index in [1.165, 1.54) is 0 Å². The molecule has 0 aliphatic heterocycles. The van der Waals surface area contributed by atoms with Crippen molar-refractivity contribution in [2.45, 2.75) is 0 Å². The number of anilines is 1. The monoisotopic (exact) mass is 313 g/mol. The molecule has 112 valence electrons. The van der Waals surface area contributed by atoms with Gasteiger partial charge in [-0.25, -0.2) is 0 Å². The van der Waals surface area contributed by atoms with E-state index in [1.807, 2.05) is 61.7 Å². The van der Waals surface area contributed by atoms with Gasteiger partial charge < -0.3 is 14.5 Å². The van der Waals surface area contributed by atoms with Crippen LogP contribution < -0.4 is 10.1 Å². The zero-order valence-electron chi connectivity index (χ0n) is 12.4. The van der Waals surface area contributed by atoms with Crippen molar-refractivity contribution in [3.63, 3.8) is 0 Å². The first kappa shape index (κ1) is 14.5. The lowest BCUT2D eigenvalue weighted by Crippen LogP contribution is -1.93. The van der Waals surface area contributed by atoms with Crippen LogP contribution in [-0.2, 0) is 0 Å². The number of methoxy groups -OCH3 is 1. The molecular formula is C18H16ClNO2. The SMILES string of the molecule is CNc1ccc(/C=C/c2cc3cc(Cl)ccc3o2)cc1OC. The molecule has 0 spiro atoms. The molecule has 1 aromatic heterocycles. The van der Waals surface area contributed by atoms with Crippen molar-refractivity contribution in [2.24, 2.45) is 0 Å². The van der Waals surface area contributed by atoms with Crippen LogP contribution in [0.3, 0.4) is 0 Å². The topological polar surface area (TPSA) is 34.4 Å². The summed E-state index contributed by atoms with van der Waals surface area (Å²) in [5.41, 5.74) is 2.82.